The van der Waals surface area contributed by atoms with Crippen molar-refractivity contribution in [2.75, 3.05) is 11.9 Å². The first-order valence-electron chi connectivity index (χ1n) is 5.79. The molecule has 0 aliphatic rings. The maximum absolute atomic E-state index is 11.9. The molecule has 1 heterocycles. The third kappa shape index (κ3) is 3.44. The smallest absolute Gasteiger partial charge is 0.276 e. The summed E-state index contributed by atoms with van der Waals surface area (Å²) < 4.78 is 1.58. The second-order valence-electron chi connectivity index (χ2n) is 3.92. The van der Waals surface area contributed by atoms with Gasteiger partial charge in [0.2, 0.25) is 0 Å². The number of benzene rings is 1. The van der Waals surface area contributed by atoms with Gasteiger partial charge < -0.3 is 11.1 Å². The second kappa shape index (κ2) is 5.85. The fourth-order valence-electron chi connectivity index (χ4n) is 1.56. The Hall–Kier alpha value is -2.58. The van der Waals surface area contributed by atoms with Gasteiger partial charge in [-0.1, -0.05) is 17.9 Å². The van der Waals surface area contributed by atoms with Crippen LogP contribution >= 0.6 is 0 Å². The van der Waals surface area contributed by atoms with Crippen LogP contribution in [0.1, 0.15) is 16.1 Å². The number of nitrogens with two attached hydrogens (primary N) is 1. The van der Waals surface area contributed by atoms with Crippen LogP contribution in [0.2, 0.25) is 0 Å². The van der Waals surface area contributed by atoms with Gasteiger partial charge in [0.1, 0.15) is 0 Å². The van der Waals surface area contributed by atoms with Crippen LogP contribution in [0.15, 0.2) is 36.5 Å². The summed E-state index contributed by atoms with van der Waals surface area (Å²) in [5, 5.41) is 6.81. The molecule has 2 aromatic rings. The Morgan fingerprint density at radius 3 is 3.00 bits per heavy atom. The Morgan fingerprint density at radius 1 is 1.47 bits per heavy atom. The van der Waals surface area contributed by atoms with Crippen molar-refractivity contribution in [2.24, 2.45) is 12.8 Å². The number of nitrogens with one attached hydrogen (secondary N) is 1. The van der Waals surface area contributed by atoms with Crippen molar-refractivity contribution in [2.45, 2.75) is 0 Å². The largest absolute Gasteiger partial charge is 0.321 e. The van der Waals surface area contributed by atoms with Crippen molar-refractivity contribution in [3.05, 3.63) is 47.8 Å². The Labute approximate surface area is 111 Å². The lowest BCUT2D eigenvalue weighted by atomic mass is 10.2. The lowest BCUT2D eigenvalue weighted by molar-refractivity contribution is 0.102. The van der Waals surface area contributed by atoms with E-state index in [-0.39, 0.29) is 5.91 Å². The zero-order valence-corrected chi connectivity index (χ0v) is 10.6. The van der Waals surface area contributed by atoms with Gasteiger partial charge in [-0.05, 0) is 24.3 Å². The number of aromatic nitrogens is 2. The van der Waals surface area contributed by atoms with Gasteiger partial charge in [-0.2, -0.15) is 5.10 Å². The average Bonchev–Trinajstić information content (AvgIpc) is 2.83. The van der Waals surface area contributed by atoms with Crippen molar-refractivity contribution < 1.29 is 4.79 Å². The van der Waals surface area contributed by atoms with Crippen LogP contribution in [0, 0.1) is 11.8 Å². The molecule has 5 nitrogen and oxygen atoms in total. The molecule has 0 saturated heterocycles. The summed E-state index contributed by atoms with van der Waals surface area (Å²) in [7, 11) is 1.76. The third-order valence-corrected chi connectivity index (χ3v) is 2.40. The van der Waals surface area contributed by atoms with Crippen LogP contribution in [0.5, 0.6) is 0 Å². The zero-order valence-electron chi connectivity index (χ0n) is 10.6. The Kier molecular flexibility index (Phi) is 3.96. The molecule has 96 valence electrons. The highest BCUT2D eigenvalue weighted by atomic mass is 16.1. The number of amides is 1. The van der Waals surface area contributed by atoms with E-state index in [9.17, 15) is 4.79 Å². The summed E-state index contributed by atoms with van der Waals surface area (Å²) in [6.07, 6.45) is 1.72. The predicted octanol–water partition coefficient (Wildman–Crippen LogP) is 0.983. The van der Waals surface area contributed by atoms with Gasteiger partial charge in [-0.3, -0.25) is 9.48 Å². The summed E-state index contributed by atoms with van der Waals surface area (Å²) in [6.45, 7) is 0.310. The maximum Gasteiger partial charge on any atom is 0.276 e. The molecule has 0 spiro atoms. The standard InChI is InChI=1S/C14H14N4O/c1-18-9-7-13(17-18)14(19)16-12-6-2-4-11(10-12)5-3-8-15/h2,4,6-7,9-10H,8,15H2,1H3,(H,16,19). The van der Waals surface area contributed by atoms with Gasteiger partial charge >= 0.3 is 0 Å². The molecule has 0 fully saturated rings. The zero-order chi connectivity index (χ0) is 13.7. The highest BCUT2D eigenvalue weighted by molar-refractivity contribution is 6.02. The fourth-order valence-corrected chi connectivity index (χ4v) is 1.56. The molecule has 2 rings (SSSR count). The molecular weight excluding hydrogens is 240 g/mol. The van der Waals surface area contributed by atoms with Gasteiger partial charge in [0.05, 0.1) is 6.54 Å². The van der Waals surface area contributed by atoms with Crippen molar-refractivity contribution in [1.29, 1.82) is 0 Å². The minimum absolute atomic E-state index is 0.246. The summed E-state index contributed by atoms with van der Waals surface area (Å²) in [5.74, 6) is 5.44. The molecule has 0 aliphatic heterocycles. The lowest BCUT2D eigenvalue weighted by Gasteiger charge is -2.03. The van der Waals surface area contributed by atoms with E-state index in [0.717, 1.165) is 5.56 Å². The normalized spacial score (nSPS) is 9.58. The van der Waals surface area contributed by atoms with Crippen molar-refractivity contribution in [3.63, 3.8) is 0 Å². The predicted molar refractivity (Wildman–Crippen MR) is 73.5 cm³/mol. The molecular formula is C14H14N4O. The van der Waals surface area contributed by atoms with E-state index in [1.54, 1.807) is 36.1 Å². The summed E-state index contributed by atoms with van der Waals surface area (Å²) >= 11 is 0. The molecule has 1 amide bonds. The van der Waals surface area contributed by atoms with Crippen LogP contribution in [0.25, 0.3) is 0 Å². The van der Waals surface area contributed by atoms with E-state index >= 15 is 0 Å². The first-order valence-corrected chi connectivity index (χ1v) is 5.79. The number of aryl methyl sites for hydroxylation is 1. The van der Waals surface area contributed by atoms with Gasteiger partial charge in [0.15, 0.2) is 5.69 Å². The van der Waals surface area contributed by atoms with Crippen LogP contribution in [0.3, 0.4) is 0 Å². The first-order chi connectivity index (χ1) is 9.19. The molecule has 3 N–H and O–H groups in total. The van der Waals surface area contributed by atoms with Crippen LogP contribution in [-0.4, -0.2) is 22.2 Å². The lowest BCUT2D eigenvalue weighted by Crippen LogP contribution is -2.13. The fraction of sp³-hybridized carbons (Fsp3) is 0.143. The van der Waals surface area contributed by atoms with Crippen LogP contribution in [0.4, 0.5) is 5.69 Å². The Bertz CT molecular complexity index is 649. The van der Waals surface area contributed by atoms with Crippen LogP contribution < -0.4 is 11.1 Å². The average molecular weight is 254 g/mol. The van der Waals surface area contributed by atoms with Crippen molar-refractivity contribution in [3.8, 4) is 11.8 Å². The second-order valence-corrected chi connectivity index (χ2v) is 3.92. The molecule has 0 unspecified atom stereocenters. The number of hydrogen-bond donors (Lipinski definition) is 2. The Balaban J connectivity index is 2.13. The summed E-state index contributed by atoms with van der Waals surface area (Å²) in [5.41, 5.74) is 7.18. The van der Waals surface area contributed by atoms with E-state index in [1.807, 2.05) is 12.1 Å². The molecule has 0 aliphatic carbocycles. The quantitative estimate of drug-likeness (QED) is 0.785. The molecule has 0 bridgehead atoms. The van der Waals surface area contributed by atoms with Gasteiger partial charge in [0, 0.05) is 24.5 Å². The van der Waals surface area contributed by atoms with E-state index < -0.39 is 0 Å². The summed E-state index contributed by atoms with van der Waals surface area (Å²) in [4.78, 5) is 11.9. The minimum atomic E-state index is -0.246. The topological polar surface area (TPSA) is 72.9 Å². The van der Waals surface area contributed by atoms with E-state index in [4.69, 9.17) is 5.73 Å². The molecule has 0 saturated carbocycles. The minimum Gasteiger partial charge on any atom is -0.321 e. The number of carbonyl (C=O) groups is 1. The molecule has 1 aromatic heterocycles. The third-order valence-electron chi connectivity index (χ3n) is 2.40. The highest BCUT2D eigenvalue weighted by Crippen LogP contribution is 2.11. The molecule has 19 heavy (non-hydrogen) atoms. The SMILES string of the molecule is Cn1ccc(C(=O)Nc2cccc(C#CCN)c2)n1. The molecule has 0 radical (unpaired) electrons. The Morgan fingerprint density at radius 2 is 2.32 bits per heavy atom. The van der Waals surface area contributed by atoms with Gasteiger partial charge in [0.25, 0.3) is 5.91 Å². The number of carbonyl (C=O) groups excluding carboxylic acids is 1. The molecule has 1 aromatic carbocycles. The highest BCUT2D eigenvalue weighted by Gasteiger charge is 2.08. The van der Waals surface area contributed by atoms with Gasteiger partial charge in [-0.15, -0.1) is 0 Å². The van der Waals surface area contributed by atoms with E-state index in [0.29, 0.717) is 17.9 Å². The summed E-state index contributed by atoms with van der Waals surface area (Å²) in [6, 6.07) is 8.94. The monoisotopic (exact) mass is 254 g/mol. The molecule has 0 atom stereocenters. The number of anilines is 1. The number of rotatable bonds is 2. The first kappa shape index (κ1) is 12.9. The molecule has 5 heteroatoms. The number of nitrogens with zero attached hydrogens (tertiary/aromatic N) is 2. The van der Waals surface area contributed by atoms with Crippen LogP contribution in [-0.2, 0) is 7.05 Å². The maximum atomic E-state index is 11.9. The van der Waals surface area contributed by atoms with Crippen molar-refractivity contribution >= 4 is 11.6 Å². The van der Waals surface area contributed by atoms with E-state index in [1.165, 1.54) is 0 Å². The van der Waals surface area contributed by atoms with E-state index in [2.05, 4.69) is 22.3 Å². The number of hydrogen-bond acceptors (Lipinski definition) is 3. The van der Waals surface area contributed by atoms with Crippen molar-refractivity contribution in [1.82, 2.24) is 9.78 Å². The van der Waals surface area contributed by atoms with Gasteiger partial charge in [-0.25, -0.2) is 0 Å².